The molecular weight excluding hydrogens is 276 g/mol. The van der Waals surface area contributed by atoms with Gasteiger partial charge in [0.1, 0.15) is 0 Å². The van der Waals surface area contributed by atoms with Gasteiger partial charge in [0.15, 0.2) is 0 Å². The van der Waals surface area contributed by atoms with E-state index in [9.17, 15) is 9.59 Å². The lowest BCUT2D eigenvalue weighted by atomic mass is 10.0. The maximum Gasteiger partial charge on any atom is 0.225 e. The van der Waals surface area contributed by atoms with Crippen LogP contribution in [0.1, 0.15) is 51.2 Å². The van der Waals surface area contributed by atoms with Crippen molar-refractivity contribution >= 4 is 11.8 Å². The molecule has 0 spiro atoms. The number of rotatable bonds is 5. The van der Waals surface area contributed by atoms with Crippen LogP contribution in [0.25, 0.3) is 0 Å². The molecule has 120 valence electrons. The summed E-state index contributed by atoms with van der Waals surface area (Å²) in [6.45, 7) is 9.34. The van der Waals surface area contributed by atoms with Crippen LogP contribution in [0, 0.1) is 5.92 Å². The second-order valence-electron chi connectivity index (χ2n) is 6.65. The second kappa shape index (κ2) is 6.95. The summed E-state index contributed by atoms with van der Waals surface area (Å²) in [7, 11) is 0. The van der Waals surface area contributed by atoms with Gasteiger partial charge in [0.2, 0.25) is 11.8 Å². The first-order valence-corrected chi connectivity index (χ1v) is 8.04. The summed E-state index contributed by atoms with van der Waals surface area (Å²) >= 11 is 0. The lowest BCUT2D eigenvalue weighted by Crippen LogP contribution is -2.35. The third-order valence-electron chi connectivity index (χ3n) is 4.27. The van der Waals surface area contributed by atoms with Gasteiger partial charge in [-0.05, 0) is 30.9 Å². The monoisotopic (exact) mass is 302 g/mol. The lowest BCUT2D eigenvalue weighted by molar-refractivity contribution is -0.129. The molecule has 4 nitrogen and oxygen atoms in total. The van der Waals surface area contributed by atoms with Gasteiger partial charge in [-0.25, -0.2) is 0 Å². The van der Waals surface area contributed by atoms with E-state index >= 15 is 0 Å². The zero-order chi connectivity index (χ0) is 16.3. The normalized spacial score (nSPS) is 18.4. The van der Waals surface area contributed by atoms with Crippen LogP contribution in [-0.4, -0.2) is 29.3 Å². The maximum absolute atomic E-state index is 12.2. The minimum Gasteiger partial charge on any atom is -0.352 e. The van der Waals surface area contributed by atoms with E-state index in [2.05, 4.69) is 43.4 Å². The Hall–Kier alpha value is -1.84. The summed E-state index contributed by atoms with van der Waals surface area (Å²) in [5, 5.41) is 2.95. The number of hydrogen-bond acceptors (Lipinski definition) is 2. The quantitative estimate of drug-likeness (QED) is 0.909. The zero-order valence-corrected chi connectivity index (χ0v) is 13.9. The Morgan fingerprint density at radius 1 is 1.23 bits per heavy atom. The molecule has 2 amide bonds. The highest BCUT2D eigenvalue weighted by atomic mass is 16.2. The summed E-state index contributed by atoms with van der Waals surface area (Å²) in [6, 6.07) is 8.47. The van der Waals surface area contributed by atoms with Gasteiger partial charge in [-0.1, -0.05) is 38.1 Å². The number of nitrogens with zero attached hydrogens (tertiary/aromatic N) is 1. The molecule has 0 saturated carbocycles. The molecular formula is C18H26N2O2. The van der Waals surface area contributed by atoms with Crippen molar-refractivity contribution in [2.24, 2.45) is 5.92 Å². The summed E-state index contributed by atoms with van der Waals surface area (Å²) < 4.78 is 0. The van der Waals surface area contributed by atoms with Gasteiger partial charge < -0.3 is 10.2 Å². The van der Waals surface area contributed by atoms with Crippen molar-refractivity contribution < 1.29 is 9.59 Å². The highest BCUT2D eigenvalue weighted by Crippen LogP contribution is 2.20. The number of amides is 2. The number of likely N-dealkylation sites (tertiary alicyclic amines) is 1. The lowest BCUT2D eigenvalue weighted by Gasteiger charge is -2.20. The Morgan fingerprint density at radius 2 is 1.86 bits per heavy atom. The number of carbonyl (C=O) groups is 2. The van der Waals surface area contributed by atoms with E-state index in [1.807, 2.05) is 13.8 Å². The molecule has 22 heavy (non-hydrogen) atoms. The Bertz CT molecular complexity index is 535. The van der Waals surface area contributed by atoms with Gasteiger partial charge in [0.05, 0.1) is 5.92 Å². The number of benzene rings is 1. The average Bonchev–Trinajstić information content (AvgIpc) is 2.87. The van der Waals surface area contributed by atoms with Crippen molar-refractivity contribution in [3.05, 3.63) is 35.4 Å². The van der Waals surface area contributed by atoms with Crippen molar-refractivity contribution in [3.63, 3.8) is 0 Å². The van der Waals surface area contributed by atoms with Crippen molar-refractivity contribution in [3.8, 4) is 0 Å². The predicted octanol–water partition coefficient (Wildman–Crippen LogP) is 2.68. The van der Waals surface area contributed by atoms with Gasteiger partial charge in [-0.3, -0.25) is 9.59 Å². The Kier molecular flexibility index (Phi) is 5.22. The third kappa shape index (κ3) is 3.87. The Balaban J connectivity index is 1.87. The van der Waals surface area contributed by atoms with Gasteiger partial charge in [-0.2, -0.15) is 0 Å². The summed E-state index contributed by atoms with van der Waals surface area (Å²) in [5.41, 5.74) is 2.38. The fourth-order valence-electron chi connectivity index (χ4n) is 2.76. The molecule has 1 aromatic carbocycles. The second-order valence-corrected chi connectivity index (χ2v) is 6.65. The van der Waals surface area contributed by atoms with Gasteiger partial charge in [-0.15, -0.1) is 0 Å². The van der Waals surface area contributed by atoms with E-state index in [4.69, 9.17) is 0 Å². The van der Waals surface area contributed by atoms with Crippen LogP contribution in [0.3, 0.4) is 0 Å². The van der Waals surface area contributed by atoms with E-state index in [1.165, 1.54) is 5.56 Å². The molecule has 1 aliphatic heterocycles. The first-order valence-electron chi connectivity index (χ1n) is 8.04. The van der Waals surface area contributed by atoms with Gasteiger partial charge in [0.25, 0.3) is 0 Å². The van der Waals surface area contributed by atoms with Crippen LogP contribution in [0.5, 0.6) is 0 Å². The summed E-state index contributed by atoms with van der Waals surface area (Å²) in [6.07, 6.45) is 0.330. The maximum atomic E-state index is 12.2. The Labute approximate surface area is 132 Å². The Morgan fingerprint density at radius 3 is 2.36 bits per heavy atom. The molecule has 0 radical (unpaired) electrons. The molecule has 1 atom stereocenters. The van der Waals surface area contributed by atoms with Crippen LogP contribution < -0.4 is 5.32 Å². The highest BCUT2D eigenvalue weighted by Gasteiger charge is 2.35. The molecule has 0 unspecified atom stereocenters. The average molecular weight is 302 g/mol. The fourth-order valence-corrected chi connectivity index (χ4v) is 2.76. The largest absolute Gasteiger partial charge is 0.352 e. The molecule has 1 aliphatic rings. The van der Waals surface area contributed by atoms with Gasteiger partial charge >= 0.3 is 0 Å². The van der Waals surface area contributed by atoms with Gasteiger partial charge in [0, 0.05) is 25.6 Å². The minimum absolute atomic E-state index is 0.0237. The van der Waals surface area contributed by atoms with E-state index < -0.39 is 0 Å². The van der Waals surface area contributed by atoms with Crippen LogP contribution in [0.4, 0.5) is 0 Å². The van der Waals surface area contributed by atoms with Crippen molar-refractivity contribution in [1.82, 2.24) is 10.2 Å². The molecule has 4 heteroatoms. The molecule has 1 aromatic rings. The zero-order valence-electron chi connectivity index (χ0n) is 13.9. The number of carbonyl (C=O) groups excluding carboxylic acids is 2. The third-order valence-corrected chi connectivity index (χ3v) is 4.27. The first-order chi connectivity index (χ1) is 10.4. The van der Waals surface area contributed by atoms with E-state index in [1.54, 1.807) is 4.90 Å². The van der Waals surface area contributed by atoms with Crippen molar-refractivity contribution in [1.29, 1.82) is 0 Å². The predicted molar refractivity (Wildman–Crippen MR) is 87.3 cm³/mol. The molecule has 1 N–H and O–H groups in total. The molecule has 0 aliphatic carbocycles. The molecule has 1 fully saturated rings. The molecule has 2 rings (SSSR count). The van der Waals surface area contributed by atoms with Crippen LogP contribution >= 0.6 is 0 Å². The van der Waals surface area contributed by atoms with Crippen LogP contribution in [-0.2, 0) is 16.1 Å². The highest BCUT2D eigenvalue weighted by molar-refractivity contribution is 5.89. The molecule has 0 bridgehead atoms. The summed E-state index contributed by atoms with van der Waals surface area (Å²) in [4.78, 5) is 25.8. The van der Waals surface area contributed by atoms with Crippen LogP contribution in [0.2, 0.25) is 0 Å². The molecule has 0 aromatic heterocycles. The smallest absolute Gasteiger partial charge is 0.225 e. The minimum atomic E-state index is -0.218. The molecule has 1 saturated heterocycles. The van der Waals surface area contributed by atoms with Crippen molar-refractivity contribution in [2.75, 3.05) is 6.54 Å². The van der Waals surface area contributed by atoms with Crippen molar-refractivity contribution in [2.45, 2.75) is 52.6 Å². The van der Waals surface area contributed by atoms with E-state index in [0.717, 1.165) is 5.56 Å². The first kappa shape index (κ1) is 16.5. The standard InChI is InChI=1S/C18H26N2O2/c1-12(2)15-7-5-14(6-8-15)10-19-18(22)16-9-17(21)20(11-16)13(3)4/h5-8,12-13,16H,9-11H2,1-4H3,(H,19,22)/t16-/m0/s1. The SMILES string of the molecule is CC(C)c1ccc(CNC(=O)[C@H]2CC(=O)N(C(C)C)C2)cc1. The van der Waals surface area contributed by atoms with E-state index in [0.29, 0.717) is 25.4 Å². The number of hydrogen-bond donors (Lipinski definition) is 1. The number of nitrogens with one attached hydrogen (secondary N) is 1. The topological polar surface area (TPSA) is 49.4 Å². The van der Waals surface area contributed by atoms with Crippen LogP contribution in [0.15, 0.2) is 24.3 Å². The molecule has 1 heterocycles. The summed E-state index contributed by atoms with van der Waals surface area (Å²) in [5.74, 6) is 0.348. The van der Waals surface area contributed by atoms with E-state index in [-0.39, 0.29) is 23.8 Å². The fraction of sp³-hybridized carbons (Fsp3) is 0.556.